The number of hydrogen-bond donors (Lipinski definition) is 1. The van der Waals surface area contributed by atoms with E-state index in [9.17, 15) is 14.7 Å². The van der Waals surface area contributed by atoms with Crippen LogP contribution < -0.4 is 0 Å². The van der Waals surface area contributed by atoms with Crippen LogP contribution in [-0.2, 0) is 11.3 Å². The van der Waals surface area contributed by atoms with Gasteiger partial charge in [0.1, 0.15) is 22.6 Å². The zero-order chi connectivity index (χ0) is 23.8. The minimum Gasteiger partial charge on any atom is -0.503 e. The van der Waals surface area contributed by atoms with Crippen molar-refractivity contribution in [3.63, 3.8) is 0 Å². The van der Waals surface area contributed by atoms with E-state index in [1.165, 1.54) is 16.2 Å². The van der Waals surface area contributed by atoms with Gasteiger partial charge in [-0.15, -0.1) is 11.3 Å². The number of aliphatic hydroxyl groups excluding tert-OH is 1. The van der Waals surface area contributed by atoms with Crippen molar-refractivity contribution in [2.45, 2.75) is 26.4 Å². The number of thiazole rings is 1. The summed E-state index contributed by atoms with van der Waals surface area (Å²) < 4.78 is 5.84. The van der Waals surface area contributed by atoms with Crippen molar-refractivity contribution in [3.8, 4) is 10.6 Å². The van der Waals surface area contributed by atoms with Gasteiger partial charge in [-0.3, -0.25) is 14.6 Å². The zero-order valence-corrected chi connectivity index (χ0v) is 19.4. The molecule has 34 heavy (non-hydrogen) atoms. The summed E-state index contributed by atoms with van der Waals surface area (Å²) in [5.74, 6) is -0.557. The maximum atomic E-state index is 13.8. The number of hydrogen-bond acceptors (Lipinski definition) is 7. The molecule has 0 saturated carbocycles. The quantitative estimate of drug-likeness (QED) is 0.389. The Morgan fingerprint density at radius 1 is 1.09 bits per heavy atom. The van der Waals surface area contributed by atoms with Crippen LogP contribution in [0, 0.1) is 13.8 Å². The number of aryl methyl sites for hydroxylation is 2. The molecule has 4 heterocycles. The molecule has 3 aromatic heterocycles. The van der Waals surface area contributed by atoms with E-state index in [0.29, 0.717) is 27.1 Å². The molecule has 1 unspecified atom stereocenters. The summed E-state index contributed by atoms with van der Waals surface area (Å²) in [5, 5.41) is 11.6. The summed E-state index contributed by atoms with van der Waals surface area (Å²) in [6.45, 7) is 3.73. The largest absolute Gasteiger partial charge is 0.503 e. The van der Waals surface area contributed by atoms with Gasteiger partial charge in [-0.1, -0.05) is 30.3 Å². The van der Waals surface area contributed by atoms with Crippen molar-refractivity contribution >= 4 is 23.0 Å². The molecule has 1 amide bonds. The van der Waals surface area contributed by atoms with Gasteiger partial charge >= 0.3 is 0 Å². The number of furan rings is 1. The number of aromatic nitrogens is 2. The average molecular weight is 472 g/mol. The lowest BCUT2D eigenvalue weighted by Gasteiger charge is -2.24. The number of Topliss-reactive ketones (excluding diaryl/α,β-unsaturated/α-hetero) is 1. The number of carbonyl (C=O) groups excluding carboxylic acids is 2. The molecule has 7 nitrogen and oxygen atoms in total. The highest BCUT2D eigenvalue weighted by Crippen LogP contribution is 2.42. The second-order valence-electron chi connectivity index (χ2n) is 8.03. The van der Waals surface area contributed by atoms with Crippen LogP contribution in [0.15, 0.2) is 82.7 Å². The number of nitrogens with zero attached hydrogens (tertiary/aromatic N) is 3. The first-order valence-electron chi connectivity index (χ1n) is 10.7. The van der Waals surface area contributed by atoms with Gasteiger partial charge in [0.15, 0.2) is 5.76 Å². The standard InChI is InChI=1S/C26H21N3O4S/c1-15-8-9-19(33-15)21-20(23(31)26(32)29(21)14-17-10-12-27-13-11-17)22(30)24-16(2)28-25(34-24)18-6-4-3-5-7-18/h3-13,21,31H,14H2,1-2H3. The molecule has 0 spiro atoms. The van der Waals surface area contributed by atoms with Gasteiger partial charge in [0.2, 0.25) is 5.78 Å². The Morgan fingerprint density at radius 3 is 2.50 bits per heavy atom. The van der Waals surface area contributed by atoms with Crippen molar-refractivity contribution in [2.24, 2.45) is 0 Å². The Hall–Kier alpha value is -4.04. The molecule has 1 aliphatic heterocycles. The van der Waals surface area contributed by atoms with E-state index in [-0.39, 0.29) is 12.1 Å². The monoisotopic (exact) mass is 471 g/mol. The maximum Gasteiger partial charge on any atom is 0.290 e. The van der Waals surface area contributed by atoms with Crippen molar-refractivity contribution in [1.29, 1.82) is 0 Å². The Bertz CT molecular complexity index is 1410. The SMILES string of the molecule is Cc1ccc(C2C(C(=O)c3sc(-c4ccccc4)nc3C)=C(O)C(=O)N2Cc2ccncc2)o1. The highest BCUT2D eigenvalue weighted by atomic mass is 32.1. The van der Waals surface area contributed by atoms with E-state index in [2.05, 4.69) is 9.97 Å². The maximum absolute atomic E-state index is 13.8. The Labute approximate surface area is 200 Å². The first-order valence-corrected chi connectivity index (χ1v) is 11.5. The highest BCUT2D eigenvalue weighted by Gasteiger charge is 2.46. The van der Waals surface area contributed by atoms with E-state index in [1.54, 1.807) is 50.5 Å². The minimum absolute atomic E-state index is 0.000215. The van der Waals surface area contributed by atoms with E-state index in [0.717, 1.165) is 11.1 Å². The van der Waals surface area contributed by atoms with E-state index < -0.39 is 23.5 Å². The van der Waals surface area contributed by atoms with Crippen LogP contribution in [0.5, 0.6) is 0 Å². The van der Waals surface area contributed by atoms with Crippen LogP contribution in [-0.4, -0.2) is 31.7 Å². The van der Waals surface area contributed by atoms with Gasteiger partial charge in [-0.05, 0) is 43.7 Å². The van der Waals surface area contributed by atoms with Gasteiger partial charge in [0.05, 0.1) is 16.1 Å². The number of amides is 1. The lowest BCUT2D eigenvalue weighted by molar-refractivity contribution is -0.130. The minimum atomic E-state index is -0.858. The fourth-order valence-electron chi connectivity index (χ4n) is 4.06. The molecule has 0 aliphatic carbocycles. The fraction of sp³-hybridized carbons (Fsp3) is 0.154. The summed E-state index contributed by atoms with van der Waals surface area (Å²) in [4.78, 5) is 37.3. The molecule has 0 fully saturated rings. The van der Waals surface area contributed by atoms with E-state index in [4.69, 9.17) is 4.42 Å². The van der Waals surface area contributed by atoms with Gasteiger partial charge in [0, 0.05) is 24.5 Å². The molecule has 1 aromatic carbocycles. The average Bonchev–Trinajstić information content (AvgIpc) is 3.52. The summed E-state index contributed by atoms with van der Waals surface area (Å²) in [6, 6.07) is 15.8. The van der Waals surface area contributed by atoms with Crippen LogP contribution in [0.2, 0.25) is 0 Å². The lowest BCUT2D eigenvalue weighted by atomic mass is 9.99. The third-order valence-electron chi connectivity index (χ3n) is 5.70. The second-order valence-corrected chi connectivity index (χ2v) is 9.03. The number of rotatable bonds is 6. The number of carbonyl (C=O) groups is 2. The van der Waals surface area contributed by atoms with Crippen molar-refractivity contribution in [1.82, 2.24) is 14.9 Å². The van der Waals surface area contributed by atoms with Crippen LogP contribution in [0.25, 0.3) is 10.6 Å². The molecule has 1 N–H and O–H groups in total. The first-order chi connectivity index (χ1) is 16.4. The smallest absolute Gasteiger partial charge is 0.290 e. The molecular formula is C26H21N3O4S. The topological polar surface area (TPSA) is 96.5 Å². The molecule has 5 rings (SSSR count). The number of aliphatic hydroxyl groups is 1. The van der Waals surface area contributed by atoms with E-state index >= 15 is 0 Å². The number of benzene rings is 1. The normalized spacial score (nSPS) is 15.9. The molecule has 4 aromatic rings. The van der Waals surface area contributed by atoms with Gasteiger partial charge in [-0.25, -0.2) is 4.98 Å². The van der Waals surface area contributed by atoms with Crippen molar-refractivity contribution < 1.29 is 19.1 Å². The van der Waals surface area contributed by atoms with E-state index in [1.807, 2.05) is 30.3 Å². The molecule has 0 bridgehead atoms. The Kier molecular flexibility index (Phi) is 5.59. The van der Waals surface area contributed by atoms with Crippen LogP contribution >= 0.6 is 11.3 Å². The molecule has 1 atom stereocenters. The molecule has 170 valence electrons. The number of ketones is 1. The summed E-state index contributed by atoms with van der Waals surface area (Å²) >= 11 is 1.24. The highest BCUT2D eigenvalue weighted by molar-refractivity contribution is 7.17. The van der Waals surface area contributed by atoms with Crippen LogP contribution in [0.3, 0.4) is 0 Å². The fourth-order valence-corrected chi connectivity index (χ4v) is 5.09. The molecule has 8 heteroatoms. The van der Waals surface area contributed by atoms with Crippen LogP contribution in [0.1, 0.15) is 38.5 Å². The summed E-state index contributed by atoms with van der Waals surface area (Å²) in [6.07, 6.45) is 3.26. The van der Waals surface area contributed by atoms with Crippen molar-refractivity contribution in [2.75, 3.05) is 0 Å². The molecule has 0 radical (unpaired) electrons. The Balaban J connectivity index is 1.57. The van der Waals surface area contributed by atoms with Gasteiger partial charge in [-0.2, -0.15) is 0 Å². The van der Waals surface area contributed by atoms with Gasteiger partial charge in [0.25, 0.3) is 5.91 Å². The second kappa shape index (κ2) is 8.72. The predicted octanol–water partition coefficient (Wildman–Crippen LogP) is 5.19. The molecule has 0 saturated heterocycles. The van der Waals surface area contributed by atoms with Crippen molar-refractivity contribution in [3.05, 3.63) is 106 Å². The lowest BCUT2D eigenvalue weighted by Crippen LogP contribution is -2.30. The molecule has 1 aliphatic rings. The Morgan fingerprint density at radius 2 is 1.82 bits per heavy atom. The summed E-state index contributed by atoms with van der Waals surface area (Å²) in [7, 11) is 0. The third kappa shape index (κ3) is 3.82. The zero-order valence-electron chi connectivity index (χ0n) is 18.6. The summed E-state index contributed by atoms with van der Waals surface area (Å²) in [5.41, 5.74) is 2.26. The first kappa shape index (κ1) is 21.8. The third-order valence-corrected chi connectivity index (χ3v) is 6.91. The predicted molar refractivity (Wildman–Crippen MR) is 127 cm³/mol. The molecular weight excluding hydrogens is 450 g/mol. The number of pyridine rings is 1. The van der Waals surface area contributed by atoms with Gasteiger partial charge < -0.3 is 14.4 Å². The van der Waals surface area contributed by atoms with Crippen LogP contribution in [0.4, 0.5) is 0 Å².